The lowest BCUT2D eigenvalue weighted by Crippen LogP contribution is -2.69. The summed E-state index contributed by atoms with van der Waals surface area (Å²) in [7, 11) is -2.58. The van der Waals surface area contributed by atoms with E-state index >= 15 is 0 Å². The Bertz CT molecular complexity index is 398. The highest BCUT2D eigenvalue weighted by Gasteiger charge is 2.43. The van der Waals surface area contributed by atoms with Crippen LogP contribution in [0.4, 0.5) is 0 Å². The summed E-state index contributed by atoms with van der Waals surface area (Å²) >= 11 is 0. The molecular weight excluding hydrogens is 266 g/mol. The van der Waals surface area contributed by atoms with Crippen molar-refractivity contribution in [3.05, 3.63) is 30.3 Å². The van der Waals surface area contributed by atoms with Gasteiger partial charge >= 0.3 is 0 Å². The molecule has 1 atom stereocenters. The maximum atomic E-state index is 5.49. The minimum absolute atomic E-state index is 0.908. The monoisotopic (exact) mass is 293 g/mol. The van der Waals surface area contributed by atoms with E-state index in [0.29, 0.717) is 0 Å². The molecule has 0 aliphatic carbocycles. The highest BCUT2D eigenvalue weighted by Crippen LogP contribution is 2.21. The molecule has 19 heavy (non-hydrogen) atoms. The minimum atomic E-state index is -1.41. The molecule has 0 bridgehead atoms. The first-order valence-corrected chi connectivity index (χ1v) is 14.5. The summed E-state index contributed by atoms with van der Waals surface area (Å²) in [4.78, 5) is 2.64. The van der Waals surface area contributed by atoms with E-state index in [1.54, 1.807) is 5.19 Å². The van der Waals surface area contributed by atoms with E-state index in [1.807, 2.05) is 0 Å². The second kappa shape index (κ2) is 5.91. The molecule has 1 aliphatic rings. The molecule has 1 unspecified atom stereocenters. The first kappa shape index (κ1) is 15.0. The molecule has 0 N–H and O–H groups in total. The van der Waals surface area contributed by atoms with E-state index in [9.17, 15) is 0 Å². The smallest absolute Gasteiger partial charge is 0.0909 e. The molecule has 4 heteroatoms. The molecule has 0 spiro atoms. The highest BCUT2D eigenvalue weighted by molar-refractivity contribution is 7.45. The molecule has 0 saturated carbocycles. The van der Waals surface area contributed by atoms with Crippen LogP contribution in [-0.2, 0) is 4.74 Å². The number of ether oxygens (including phenoxy) is 1. The van der Waals surface area contributed by atoms with Crippen LogP contribution in [0.1, 0.15) is 0 Å². The Kier molecular flexibility index (Phi) is 4.66. The number of hydrogen-bond acceptors (Lipinski definition) is 2. The Morgan fingerprint density at radius 2 is 1.58 bits per heavy atom. The third kappa shape index (κ3) is 3.37. The summed E-state index contributed by atoms with van der Waals surface area (Å²) in [5.74, 6) is 0. The van der Waals surface area contributed by atoms with Gasteiger partial charge in [-0.2, -0.15) is 0 Å². The van der Waals surface area contributed by atoms with Gasteiger partial charge in [-0.25, -0.2) is 0 Å². The maximum Gasteiger partial charge on any atom is 0.0909 e. The molecular formula is C15H27NOSi2. The third-order valence-corrected chi connectivity index (χ3v) is 22.0. The Morgan fingerprint density at radius 1 is 1.00 bits per heavy atom. The molecule has 2 rings (SSSR count). The number of hydrogen-bond donors (Lipinski definition) is 0. The lowest BCUT2D eigenvalue weighted by molar-refractivity contribution is 0.0458. The standard InChI is InChI=1S/C15H27NOSi2/c1-18(2,3)19(4,15-8-6-5-7-9-15)14-16-10-12-17-13-11-16/h5-9H,10-14H2,1-4H3. The van der Waals surface area contributed by atoms with Crippen LogP contribution in [0.2, 0.25) is 26.2 Å². The number of morpholine rings is 1. The minimum Gasteiger partial charge on any atom is -0.379 e. The van der Waals surface area contributed by atoms with Gasteiger partial charge in [0.05, 0.1) is 20.8 Å². The normalized spacial score (nSPS) is 21.1. The van der Waals surface area contributed by atoms with Gasteiger partial charge in [-0.1, -0.05) is 61.7 Å². The van der Waals surface area contributed by atoms with E-state index < -0.39 is 15.2 Å². The quantitative estimate of drug-likeness (QED) is 0.790. The van der Waals surface area contributed by atoms with Gasteiger partial charge in [0.1, 0.15) is 0 Å². The van der Waals surface area contributed by atoms with Crippen molar-refractivity contribution in [3.8, 4) is 0 Å². The SMILES string of the molecule is C[Si](C)(C)[Si](C)(CN1CCOCC1)c1ccccc1. The Morgan fingerprint density at radius 3 is 2.11 bits per heavy atom. The summed E-state index contributed by atoms with van der Waals surface area (Å²) in [6, 6.07) is 11.3. The fraction of sp³-hybridized carbons (Fsp3) is 0.600. The molecule has 0 radical (unpaired) electrons. The predicted molar refractivity (Wildman–Crippen MR) is 88.3 cm³/mol. The summed E-state index contributed by atoms with van der Waals surface area (Å²) < 4.78 is 5.49. The Hall–Kier alpha value is -0.426. The molecule has 1 aliphatic heterocycles. The van der Waals surface area contributed by atoms with Gasteiger partial charge in [-0.3, -0.25) is 0 Å². The van der Waals surface area contributed by atoms with Crippen LogP contribution in [0.25, 0.3) is 0 Å². The third-order valence-electron chi connectivity index (χ3n) is 4.71. The van der Waals surface area contributed by atoms with Crippen molar-refractivity contribution < 1.29 is 4.74 Å². The van der Waals surface area contributed by atoms with Crippen LogP contribution in [0.3, 0.4) is 0 Å². The van der Waals surface area contributed by atoms with Gasteiger partial charge in [0.15, 0.2) is 0 Å². The lowest BCUT2D eigenvalue weighted by atomic mass is 10.4. The van der Waals surface area contributed by atoms with Crippen molar-refractivity contribution in [2.75, 3.05) is 32.5 Å². The van der Waals surface area contributed by atoms with Gasteiger partial charge in [-0.15, -0.1) is 0 Å². The van der Waals surface area contributed by atoms with E-state index in [0.717, 1.165) is 26.3 Å². The number of benzene rings is 1. The Balaban J connectivity index is 2.25. The number of nitrogens with zero attached hydrogens (tertiary/aromatic N) is 1. The Labute approximate surface area is 119 Å². The van der Waals surface area contributed by atoms with Gasteiger partial charge in [0.2, 0.25) is 0 Å². The van der Waals surface area contributed by atoms with Crippen LogP contribution in [0.5, 0.6) is 0 Å². The molecule has 1 heterocycles. The molecule has 1 aromatic rings. The molecule has 1 fully saturated rings. The van der Waals surface area contributed by atoms with Crippen LogP contribution in [-0.4, -0.2) is 52.6 Å². The lowest BCUT2D eigenvalue weighted by Gasteiger charge is -2.43. The first-order valence-electron chi connectivity index (χ1n) is 7.29. The van der Waals surface area contributed by atoms with Crippen LogP contribution in [0, 0.1) is 0 Å². The van der Waals surface area contributed by atoms with E-state index in [2.05, 4.69) is 61.4 Å². The van der Waals surface area contributed by atoms with E-state index in [-0.39, 0.29) is 0 Å². The van der Waals surface area contributed by atoms with Crippen molar-refractivity contribution in [2.45, 2.75) is 26.2 Å². The molecule has 2 nitrogen and oxygen atoms in total. The van der Waals surface area contributed by atoms with Crippen molar-refractivity contribution in [1.29, 1.82) is 0 Å². The molecule has 0 amide bonds. The van der Waals surface area contributed by atoms with Gasteiger partial charge < -0.3 is 9.64 Å². The fourth-order valence-corrected chi connectivity index (χ4v) is 11.6. The van der Waals surface area contributed by atoms with Crippen molar-refractivity contribution in [3.63, 3.8) is 0 Å². The van der Waals surface area contributed by atoms with E-state index in [1.165, 1.54) is 6.17 Å². The first-order chi connectivity index (χ1) is 8.93. The fourth-order valence-electron chi connectivity index (χ4n) is 2.77. The summed E-state index contributed by atoms with van der Waals surface area (Å²) in [6.45, 7) is 14.3. The molecule has 106 valence electrons. The molecule has 1 saturated heterocycles. The zero-order valence-corrected chi connectivity index (χ0v) is 14.8. The van der Waals surface area contributed by atoms with Gasteiger partial charge in [-0.05, 0) is 6.17 Å². The predicted octanol–water partition coefficient (Wildman–Crippen LogP) is 2.26. The average molecular weight is 294 g/mol. The summed E-state index contributed by atoms with van der Waals surface area (Å²) in [5, 5.41) is 1.64. The van der Waals surface area contributed by atoms with Crippen molar-refractivity contribution in [2.24, 2.45) is 0 Å². The van der Waals surface area contributed by atoms with Crippen LogP contribution < -0.4 is 5.19 Å². The van der Waals surface area contributed by atoms with Crippen LogP contribution in [0.15, 0.2) is 30.3 Å². The zero-order chi connectivity index (χ0) is 13.9. The molecule has 0 aromatic heterocycles. The number of rotatable bonds is 4. The van der Waals surface area contributed by atoms with Crippen molar-refractivity contribution >= 4 is 20.4 Å². The summed E-state index contributed by atoms with van der Waals surface area (Å²) in [6.07, 6.45) is 1.30. The van der Waals surface area contributed by atoms with Crippen molar-refractivity contribution in [1.82, 2.24) is 4.90 Å². The van der Waals surface area contributed by atoms with Gasteiger partial charge in [0, 0.05) is 20.7 Å². The topological polar surface area (TPSA) is 12.5 Å². The largest absolute Gasteiger partial charge is 0.379 e. The van der Waals surface area contributed by atoms with Gasteiger partial charge in [0.25, 0.3) is 0 Å². The highest BCUT2D eigenvalue weighted by atomic mass is 29.3. The summed E-state index contributed by atoms with van der Waals surface area (Å²) in [5.41, 5.74) is 0. The molecule has 1 aromatic carbocycles. The second-order valence-electron chi connectivity index (χ2n) is 6.84. The van der Waals surface area contributed by atoms with Crippen LogP contribution >= 0.6 is 0 Å². The average Bonchev–Trinajstić information content (AvgIpc) is 2.39. The maximum absolute atomic E-state index is 5.49. The second-order valence-corrected chi connectivity index (χ2v) is 22.7. The van der Waals surface area contributed by atoms with E-state index in [4.69, 9.17) is 4.74 Å². The zero-order valence-electron chi connectivity index (χ0n) is 12.8.